The van der Waals surface area contributed by atoms with Gasteiger partial charge < -0.3 is 10.2 Å². The Balaban J connectivity index is 2.04. The lowest BCUT2D eigenvalue weighted by Crippen LogP contribution is -2.52. The van der Waals surface area contributed by atoms with E-state index in [-0.39, 0.29) is 23.4 Å². The summed E-state index contributed by atoms with van der Waals surface area (Å²) in [4.78, 5) is 28.1. The van der Waals surface area contributed by atoms with Gasteiger partial charge in [0.2, 0.25) is 11.8 Å². The summed E-state index contributed by atoms with van der Waals surface area (Å²) in [6.45, 7) is 6.49. The molecule has 208 valence electrons. The number of hydrogen-bond acceptors (Lipinski definition) is 4. The van der Waals surface area contributed by atoms with Gasteiger partial charge in [-0.1, -0.05) is 58.6 Å². The molecule has 11 heteroatoms. The number of benzene rings is 3. The molecule has 0 saturated heterocycles. The Morgan fingerprint density at radius 2 is 1.46 bits per heavy atom. The van der Waals surface area contributed by atoms with Crippen molar-refractivity contribution in [3.63, 3.8) is 0 Å². The molecule has 0 radical (unpaired) electrons. The van der Waals surface area contributed by atoms with Gasteiger partial charge in [0.05, 0.1) is 10.6 Å². The van der Waals surface area contributed by atoms with Crippen LogP contribution in [0.5, 0.6) is 0 Å². The average Bonchev–Trinajstić information content (AvgIpc) is 2.86. The predicted molar refractivity (Wildman–Crippen MR) is 157 cm³/mol. The summed E-state index contributed by atoms with van der Waals surface area (Å²) in [6.07, 6.45) is 0. The van der Waals surface area contributed by atoms with Crippen LogP contribution in [0.15, 0.2) is 71.6 Å². The number of sulfonamides is 1. The predicted octanol–water partition coefficient (Wildman–Crippen LogP) is 6.09. The second-order valence-electron chi connectivity index (χ2n) is 9.40. The molecule has 1 N–H and O–H groups in total. The molecule has 0 fully saturated rings. The second-order valence-corrected chi connectivity index (χ2v) is 12.5. The molecule has 0 aliphatic heterocycles. The van der Waals surface area contributed by atoms with E-state index in [1.807, 2.05) is 20.8 Å². The highest BCUT2D eigenvalue weighted by atomic mass is 35.5. The maximum absolute atomic E-state index is 13.9. The van der Waals surface area contributed by atoms with Crippen molar-refractivity contribution in [1.82, 2.24) is 10.2 Å². The number of halogens is 3. The minimum Gasteiger partial charge on any atom is -0.352 e. The fraction of sp³-hybridized carbons (Fsp3) is 0.286. The summed E-state index contributed by atoms with van der Waals surface area (Å²) in [6, 6.07) is 16.2. The number of nitrogens with zero attached hydrogens (tertiary/aromatic N) is 2. The minimum absolute atomic E-state index is 0.0295. The Morgan fingerprint density at radius 1 is 0.872 bits per heavy atom. The topological polar surface area (TPSA) is 86.8 Å². The summed E-state index contributed by atoms with van der Waals surface area (Å²) in [7, 11) is -4.18. The fourth-order valence-electron chi connectivity index (χ4n) is 3.79. The van der Waals surface area contributed by atoms with E-state index in [2.05, 4.69) is 5.32 Å². The Labute approximate surface area is 244 Å². The van der Waals surface area contributed by atoms with E-state index in [1.54, 1.807) is 49.4 Å². The molecule has 1 atom stereocenters. The lowest BCUT2D eigenvalue weighted by Gasteiger charge is -2.32. The van der Waals surface area contributed by atoms with Gasteiger partial charge in [0.1, 0.15) is 12.6 Å². The van der Waals surface area contributed by atoms with Gasteiger partial charge in [-0.15, -0.1) is 0 Å². The van der Waals surface area contributed by atoms with Gasteiger partial charge in [-0.2, -0.15) is 0 Å². The average molecular weight is 611 g/mol. The van der Waals surface area contributed by atoms with Crippen molar-refractivity contribution in [1.29, 1.82) is 0 Å². The Kier molecular flexibility index (Phi) is 10.3. The smallest absolute Gasteiger partial charge is 0.264 e. The highest BCUT2D eigenvalue weighted by Gasteiger charge is 2.33. The molecule has 3 rings (SSSR count). The maximum Gasteiger partial charge on any atom is 0.264 e. The number of rotatable bonds is 10. The number of carbonyl (C=O) groups excluding carboxylic acids is 2. The van der Waals surface area contributed by atoms with Gasteiger partial charge in [0.15, 0.2) is 0 Å². The number of anilines is 1. The van der Waals surface area contributed by atoms with Crippen LogP contribution in [0.4, 0.5) is 5.69 Å². The first-order chi connectivity index (χ1) is 18.3. The van der Waals surface area contributed by atoms with Crippen LogP contribution in [0, 0.1) is 6.92 Å². The molecule has 0 aliphatic rings. The number of aryl methyl sites for hydroxylation is 1. The largest absolute Gasteiger partial charge is 0.352 e. The van der Waals surface area contributed by atoms with Crippen LogP contribution >= 0.6 is 34.8 Å². The van der Waals surface area contributed by atoms with Crippen molar-refractivity contribution >= 4 is 62.3 Å². The van der Waals surface area contributed by atoms with Crippen LogP contribution in [-0.2, 0) is 26.2 Å². The quantitative estimate of drug-likeness (QED) is 0.301. The van der Waals surface area contributed by atoms with Gasteiger partial charge >= 0.3 is 0 Å². The standard InChI is InChI=1S/C28H30Cl3N3O4S/c1-18(2)32-28(36)20(4)33(16-21-7-8-23(30)15-26(21)31)27(35)17-34(24-11-5-19(3)6-12-24)39(37,38)25-13-9-22(29)10-14-25/h5-15,18,20H,16-17H2,1-4H3,(H,32,36). The molecule has 1 unspecified atom stereocenters. The van der Waals surface area contributed by atoms with Crippen molar-refractivity contribution in [2.75, 3.05) is 10.8 Å². The Morgan fingerprint density at radius 3 is 2.03 bits per heavy atom. The highest BCUT2D eigenvalue weighted by molar-refractivity contribution is 7.92. The molecular weight excluding hydrogens is 581 g/mol. The van der Waals surface area contributed by atoms with E-state index < -0.39 is 28.5 Å². The van der Waals surface area contributed by atoms with Crippen LogP contribution in [0.1, 0.15) is 31.9 Å². The molecule has 3 aromatic carbocycles. The summed E-state index contributed by atoms with van der Waals surface area (Å²) in [5.41, 5.74) is 1.78. The van der Waals surface area contributed by atoms with Gasteiger partial charge in [-0.3, -0.25) is 13.9 Å². The minimum atomic E-state index is -4.18. The Hall–Kier alpha value is -2.78. The van der Waals surface area contributed by atoms with Gasteiger partial charge in [0.25, 0.3) is 10.0 Å². The number of hydrogen-bond donors (Lipinski definition) is 1. The zero-order valence-corrected chi connectivity index (χ0v) is 25.1. The first-order valence-electron chi connectivity index (χ1n) is 12.2. The summed E-state index contributed by atoms with van der Waals surface area (Å²) < 4.78 is 28.6. The molecule has 0 aromatic heterocycles. The van der Waals surface area contributed by atoms with Gasteiger partial charge in [-0.05, 0) is 81.8 Å². The van der Waals surface area contributed by atoms with E-state index in [1.165, 1.54) is 29.2 Å². The molecule has 7 nitrogen and oxygen atoms in total. The van der Waals surface area contributed by atoms with E-state index in [0.29, 0.717) is 26.3 Å². The van der Waals surface area contributed by atoms with Crippen molar-refractivity contribution in [3.05, 3.63) is 92.9 Å². The molecular formula is C28H30Cl3N3O4S. The van der Waals surface area contributed by atoms with E-state index in [9.17, 15) is 18.0 Å². The van der Waals surface area contributed by atoms with Crippen molar-refractivity contribution in [3.8, 4) is 0 Å². The lowest BCUT2D eigenvalue weighted by atomic mass is 10.1. The van der Waals surface area contributed by atoms with Gasteiger partial charge in [0, 0.05) is 27.7 Å². The van der Waals surface area contributed by atoms with Gasteiger partial charge in [-0.25, -0.2) is 8.42 Å². The first-order valence-corrected chi connectivity index (χ1v) is 14.8. The molecule has 0 aliphatic carbocycles. The van der Waals surface area contributed by atoms with Crippen molar-refractivity contribution in [2.24, 2.45) is 0 Å². The number of carbonyl (C=O) groups is 2. The van der Waals surface area contributed by atoms with Crippen molar-refractivity contribution in [2.45, 2.75) is 51.2 Å². The molecule has 0 spiro atoms. The first kappa shape index (κ1) is 30.8. The van der Waals surface area contributed by atoms with Crippen LogP contribution in [0.3, 0.4) is 0 Å². The lowest BCUT2D eigenvalue weighted by molar-refractivity contribution is -0.139. The van der Waals surface area contributed by atoms with Crippen molar-refractivity contribution < 1.29 is 18.0 Å². The third-order valence-corrected chi connectivity index (χ3v) is 8.58. The third-order valence-electron chi connectivity index (χ3n) is 5.96. The molecule has 0 heterocycles. The zero-order valence-electron chi connectivity index (χ0n) is 22.0. The molecule has 0 saturated carbocycles. The fourth-order valence-corrected chi connectivity index (χ4v) is 5.80. The SMILES string of the molecule is Cc1ccc(N(CC(=O)N(Cc2ccc(Cl)cc2Cl)C(C)C(=O)NC(C)C)S(=O)(=O)c2ccc(Cl)cc2)cc1. The molecule has 39 heavy (non-hydrogen) atoms. The molecule has 2 amide bonds. The zero-order chi connectivity index (χ0) is 28.9. The van der Waals surface area contributed by atoms with Crippen LogP contribution < -0.4 is 9.62 Å². The van der Waals surface area contributed by atoms with Crippen LogP contribution in [-0.4, -0.2) is 43.8 Å². The monoisotopic (exact) mass is 609 g/mol. The van der Waals surface area contributed by atoms with Crippen LogP contribution in [0.25, 0.3) is 0 Å². The second kappa shape index (κ2) is 13.0. The van der Waals surface area contributed by atoms with E-state index in [4.69, 9.17) is 34.8 Å². The van der Waals surface area contributed by atoms with E-state index >= 15 is 0 Å². The highest BCUT2D eigenvalue weighted by Crippen LogP contribution is 2.27. The maximum atomic E-state index is 13.9. The Bertz CT molecular complexity index is 1430. The van der Waals surface area contributed by atoms with Crippen LogP contribution in [0.2, 0.25) is 15.1 Å². The third kappa shape index (κ3) is 7.88. The summed E-state index contributed by atoms with van der Waals surface area (Å²) >= 11 is 18.4. The summed E-state index contributed by atoms with van der Waals surface area (Å²) in [5, 5.41) is 3.93. The number of nitrogens with one attached hydrogen (secondary N) is 1. The summed E-state index contributed by atoms with van der Waals surface area (Å²) in [5.74, 6) is -0.976. The molecule has 0 bridgehead atoms. The number of amides is 2. The van der Waals surface area contributed by atoms with E-state index in [0.717, 1.165) is 9.87 Å². The normalized spacial score (nSPS) is 12.2. The molecule has 3 aromatic rings.